The summed E-state index contributed by atoms with van der Waals surface area (Å²) in [6.45, 7) is 3.58. The van der Waals surface area contributed by atoms with Crippen LogP contribution >= 0.6 is 11.3 Å². The summed E-state index contributed by atoms with van der Waals surface area (Å²) in [6.07, 6.45) is 3.41. The molecule has 0 aliphatic heterocycles. The van der Waals surface area contributed by atoms with Gasteiger partial charge in [-0.05, 0) is 57.2 Å². The number of hydrogen-bond acceptors (Lipinski definition) is 4. The van der Waals surface area contributed by atoms with Crippen LogP contribution in [0.3, 0.4) is 0 Å². The van der Waals surface area contributed by atoms with Crippen LogP contribution in [0.4, 0.5) is 5.69 Å². The standard InChI is InChI=1S/C19H21NO3S/c1-12-7-9-14(10-8-12)20-18(21)13(2)23-19(22)16-11-24-17-6-4-3-5-15(16)17/h7-11,13H,3-6H2,1-2H3,(H,20,21)/t13-/m1/s1. The number of rotatable bonds is 4. The van der Waals surface area contributed by atoms with E-state index in [0.29, 0.717) is 11.3 Å². The number of hydrogen-bond donors (Lipinski definition) is 1. The van der Waals surface area contributed by atoms with Crippen molar-refractivity contribution in [1.29, 1.82) is 0 Å². The molecule has 126 valence electrons. The van der Waals surface area contributed by atoms with Crippen LogP contribution in [0.2, 0.25) is 0 Å². The largest absolute Gasteiger partial charge is 0.449 e. The highest BCUT2D eigenvalue weighted by Crippen LogP contribution is 2.30. The van der Waals surface area contributed by atoms with Gasteiger partial charge >= 0.3 is 5.97 Å². The summed E-state index contributed by atoms with van der Waals surface area (Å²) >= 11 is 1.62. The summed E-state index contributed by atoms with van der Waals surface area (Å²) in [6, 6.07) is 7.50. The first-order valence-corrected chi connectivity index (χ1v) is 9.10. The molecular weight excluding hydrogens is 322 g/mol. The Hall–Kier alpha value is -2.14. The summed E-state index contributed by atoms with van der Waals surface area (Å²) in [7, 11) is 0. The number of aryl methyl sites for hydroxylation is 2. The summed E-state index contributed by atoms with van der Waals surface area (Å²) < 4.78 is 5.37. The van der Waals surface area contributed by atoms with E-state index in [0.717, 1.165) is 30.4 Å². The molecule has 1 heterocycles. The highest BCUT2D eigenvalue weighted by molar-refractivity contribution is 7.10. The van der Waals surface area contributed by atoms with Crippen molar-refractivity contribution < 1.29 is 14.3 Å². The highest BCUT2D eigenvalue weighted by Gasteiger charge is 2.24. The van der Waals surface area contributed by atoms with Gasteiger partial charge in [0.05, 0.1) is 5.56 Å². The van der Waals surface area contributed by atoms with Gasteiger partial charge in [-0.3, -0.25) is 4.79 Å². The second-order valence-corrected chi connectivity index (χ2v) is 7.13. The number of amides is 1. The van der Waals surface area contributed by atoms with Gasteiger partial charge in [0.15, 0.2) is 6.10 Å². The van der Waals surface area contributed by atoms with Crippen molar-refractivity contribution in [3.8, 4) is 0 Å². The number of benzene rings is 1. The summed E-state index contributed by atoms with van der Waals surface area (Å²) in [5, 5.41) is 4.63. The Morgan fingerprint density at radius 2 is 1.88 bits per heavy atom. The van der Waals surface area contributed by atoms with Gasteiger partial charge in [-0.2, -0.15) is 0 Å². The zero-order valence-electron chi connectivity index (χ0n) is 13.9. The van der Waals surface area contributed by atoms with Crippen molar-refractivity contribution in [2.75, 3.05) is 5.32 Å². The van der Waals surface area contributed by atoms with Crippen LogP contribution in [0.1, 0.15) is 46.1 Å². The van der Waals surface area contributed by atoms with E-state index in [9.17, 15) is 9.59 Å². The molecule has 2 aromatic rings. The first-order valence-electron chi connectivity index (χ1n) is 8.22. The number of carbonyl (C=O) groups excluding carboxylic acids is 2. The molecule has 24 heavy (non-hydrogen) atoms. The number of nitrogens with one attached hydrogen (secondary N) is 1. The SMILES string of the molecule is Cc1ccc(NC(=O)[C@@H](C)OC(=O)c2csc3c2CCCC3)cc1. The third-order valence-electron chi connectivity index (χ3n) is 4.25. The molecule has 1 N–H and O–H groups in total. The van der Waals surface area contributed by atoms with Gasteiger partial charge in [0.25, 0.3) is 5.91 Å². The molecule has 0 unspecified atom stereocenters. The molecule has 0 saturated heterocycles. The Labute approximate surface area is 145 Å². The molecule has 0 bridgehead atoms. The van der Waals surface area contributed by atoms with E-state index in [1.165, 1.54) is 11.3 Å². The quantitative estimate of drug-likeness (QED) is 0.850. The highest BCUT2D eigenvalue weighted by atomic mass is 32.1. The van der Waals surface area contributed by atoms with Gasteiger partial charge in [0, 0.05) is 15.9 Å². The number of esters is 1. The molecule has 1 amide bonds. The van der Waals surface area contributed by atoms with Gasteiger partial charge in [-0.1, -0.05) is 17.7 Å². The van der Waals surface area contributed by atoms with Crippen LogP contribution in [0.5, 0.6) is 0 Å². The number of anilines is 1. The van der Waals surface area contributed by atoms with Crippen LogP contribution in [-0.4, -0.2) is 18.0 Å². The van der Waals surface area contributed by atoms with Crippen LogP contribution in [0, 0.1) is 6.92 Å². The fourth-order valence-corrected chi connectivity index (χ4v) is 3.94. The Kier molecular flexibility index (Phi) is 5.00. The summed E-state index contributed by atoms with van der Waals surface area (Å²) in [5.41, 5.74) is 3.56. The van der Waals surface area contributed by atoms with Crippen molar-refractivity contribution in [3.05, 3.63) is 51.2 Å². The van der Waals surface area contributed by atoms with Crippen molar-refractivity contribution in [3.63, 3.8) is 0 Å². The molecule has 1 aromatic heterocycles. The molecule has 1 atom stereocenters. The van der Waals surface area contributed by atoms with Crippen molar-refractivity contribution in [2.45, 2.75) is 45.6 Å². The van der Waals surface area contributed by atoms with Gasteiger partial charge in [0.1, 0.15) is 0 Å². The van der Waals surface area contributed by atoms with E-state index >= 15 is 0 Å². The zero-order chi connectivity index (χ0) is 17.1. The van der Waals surface area contributed by atoms with Crippen LogP contribution in [0.25, 0.3) is 0 Å². The fraction of sp³-hybridized carbons (Fsp3) is 0.368. The Morgan fingerprint density at radius 1 is 1.17 bits per heavy atom. The second-order valence-electron chi connectivity index (χ2n) is 6.16. The average Bonchev–Trinajstić information content (AvgIpc) is 3.01. The van der Waals surface area contributed by atoms with E-state index in [4.69, 9.17) is 4.74 Å². The number of carbonyl (C=O) groups is 2. The van der Waals surface area contributed by atoms with Crippen molar-refractivity contribution >= 4 is 28.9 Å². The van der Waals surface area contributed by atoms with E-state index in [2.05, 4.69) is 5.32 Å². The minimum Gasteiger partial charge on any atom is -0.449 e. The van der Waals surface area contributed by atoms with E-state index in [1.807, 2.05) is 36.6 Å². The predicted octanol–water partition coefficient (Wildman–Crippen LogP) is 4.12. The maximum atomic E-state index is 12.4. The molecule has 0 fully saturated rings. The molecule has 0 saturated carbocycles. The van der Waals surface area contributed by atoms with Crippen LogP contribution in [-0.2, 0) is 22.4 Å². The maximum absolute atomic E-state index is 12.4. The van der Waals surface area contributed by atoms with Gasteiger partial charge in [0.2, 0.25) is 0 Å². The Bertz CT molecular complexity index is 748. The van der Waals surface area contributed by atoms with Gasteiger partial charge < -0.3 is 10.1 Å². The van der Waals surface area contributed by atoms with Gasteiger partial charge in [-0.25, -0.2) is 4.79 Å². The third kappa shape index (κ3) is 3.67. The molecule has 4 nitrogen and oxygen atoms in total. The van der Waals surface area contributed by atoms with E-state index < -0.39 is 12.1 Å². The minimum absolute atomic E-state index is 0.323. The van der Waals surface area contributed by atoms with E-state index in [1.54, 1.807) is 18.3 Å². The van der Waals surface area contributed by atoms with E-state index in [-0.39, 0.29) is 5.91 Å². The molecular formula is C19H21NO3S. The minimum atomic E-state index is -0.835. The smallest absolute Gasteiger partial charge is 0.340 e. The monoisotopic (exact) mass is 343 g/mol. The van der Waals surface area contributed by atoms with Crippen molar-refractivity contribution in [2.24, 2.45) is 0 Å². The maximum Gasteiger partial charge on any atom is 0.340 e. The Morgan fingerprint density at radius 3 is 2.62 bits per heavy atom. The molecule has 5 heteroatoms. The molecule has 3 rings (SSSR count). The lowest BCUT2D eigenvalue weighted by Crippen LogP contribution is -2.30. The van der Waals surface area contributed by atoms with Crippen molar-refractivity contribution in [1.82, 2.24) is 0 Å². The number of ether oxygens (including phenoxy) is 1. The Balaban J connectivity index is 1.62. The summed E-state index contributed by atoms with van der Waals surface area (Å²) in [5.74, 6) is -0.725. The second kappa shape index (κ2) is 7.18. The first-order chi connectivity index (χ1) is 11.5. The predicted molar refractivity (Wildman–Crippen MR) is 95.6 cm³/mol. The zero-order valence-corrected chi connectivity index (χ0v) is 14.7. The number of thiophene rings is 1. The van der Waals surface area contributed by atoms with Crippen LogP contribution in [0.15, 0.2) is 29.6 Å². The molecule has 1 aliphatic carbocycles. The first kappa shape index (κ1) is 16.7. The molecule has 0 radical (unpaired) electrons. The normalized spacial score (nSPS) is 14.6. The molecule has 1 aliphatic rings. The summed E-state index contributed by atoms with van der Waals surface area (Å²) in [4.78, 5) is 25.9. The number of fused-ring (bicyclic) bond motifs is 1. The lowest BCUT2D eigenvalue weighted by Gasteiger charge is -2.15. The lowest BCUT2D eigenvalue weighted by atomic mass is 9.96. The third-order valence-corrected chi connectivity index (χ3v) is 5.34. The lowest BCUT2D eigenvalue weighted by molar-refractivity contribution is -0.123. The molecule has 1 aromatic carbocycles. The average molecular weight is 343 g/mol. The molecule has 0 spiro atoms. The van der Waals surface area contributed by atoms with Crippen LogP contribution < -0.4 is 5.32 Å². The fourth-order valence-electron chi connectivity index (χ4n) is 2.82. The van der Waals surface area contributed by atoms with Gasteiger partial charge in [-0.15, -0.1) is 11.3 Å². The topological polar surface area (TPSA) is 55.4 Å².